The Balaban J connectivity index is 1.59. The van der Waals surface area contributed by atoms with Gasteiger partial charge in [-0.05, 0) is 17.7 Å². The lowest BCUT2D eigenvalue weighted by Gasteiger charge is -2.32. The number of nitrogens with one attached hydrogen (secondary N) is 1. The monoisotopic (exact) mass is 360 g/mol. The molecule has 3 rings (SSSR count). The largest absolute Gasteiger partial charge is 0.365 e. The molecule has 0 bridgehead atoms. The zero-order valence-corrected chi connectivity index (χ0v) is 14.5. The van der Waals surface area contributed by atoms with Gasteiger partial charge in [-0.1, -0.05) is 48.5 Å². The SMILES string of the molecule is O=C1COC(CNS(=O)(=O)Cc2ccccc2)CN1c1ccccc1. The minimum atomic E-state index is -3.46. The van der Waals surface area contributed by atoms with Crippen LogP contribution in [0, 0.1) is 0 Å². The Morgan fingerprint density at radius 1 is 1.04 bits per heavy atom. The molecule has 1 saturated heterocycles. The van der Waals surface area contributed by atoms with Crippen LogP contribution in [-0.4, -0.2) is 40.1 Å². The molecule has 25 heavy (non-hydrogen) atoms. The predicted octanol–water partition coefficient (Wildman–Crippen LogP) is 1.54. The van der Waals surface area contributed by atoms with Crippen molar-refractivity contribution in [2.24, 2.45) is 0 Å². The summed E-state index contributed by atoms with van der Waals surface area (Å²) in [6.45, 7) is 0.391. The molecule has 2 aromatic rings. The van der Waals surface area contributed by atoms with Crippen LogP contribution < -0.4 is 9.62 Å². The smallest absolute Gasteiger partial charge is 0.253 e. The van der Waals surface area contributed by atoms with Crippen molar-refractivity contribution >= 4 is 21.6 Å². The number of hydrogen-bond acceptors (Lipinski definition) is 4. The van der Waals surface area contributed by atoms with Crippen molar-refractivity contribution in [1.29, 1.82) is 0 Å². The van der Waals surface area contributed by atoms with Gasteiger partial charge < -0.3 is 9.64 Å². The second-order valence-electron chi connectivity index (χ2n) is 5.87. The summed E-state index contributed by atoms with van der Waals surface area (Å²) >= 11 is 0. The van der Waals surface area contributed by atoms with Crippen molar-refractivity contribution in [2.45, 2.75) is 11.9 Å². The maximum atomic E-state index is 12.2. The number of sulfonamides is 1. The fourth-order valence-corrected chi connectivity index (χ4v) is 3.84. The topological polar surface area (TPSA) is 75.7 Å². The first kappa shape index (κ1) is 17.6. The minimum absolute atomic E-state index is 0.0556. The second-order valence-corrected chi connectivity index (χ2v) is 7.67. The average Bonchev–Trinajstić information content (AvgIpc) is 2.62. The first-order chi connectivity index (χ1) is 12.0. The van der Waals surface area contributed by atoms with Crippen LogP contribution in [0.5, 0.6) is 0 Å². The molecule has 1 amide bonds. The van der Waals surface area contributed by atoms with Gasteiger partial charge in [-0.15, -0.1) is 0 Å². The maximum absolute atomic E-state index is 12.2. The van der Waals surface area contributed by atoms with E-state index in [4.69, 9.17) is 4.74 Å². The highest BCUT2D eigenvalue weighted by atomic mass is 32.2. The molecule has 0 saturated carbocycles. The highest BCUT2D eigenvalue weighted by molar-refractivity contribution is 7.88. The third-order valence-corrected chi connectivity index (χ3v) is 5.25. The Kier molecular flexibility index (Phi) is 5.47. The Labute approximate surface area is 147 Å². The molecule has 0 aromatic heterocycles. The molecule has 0 radical (unpaired) electrons. The minimum Gasteiger partial charge on any atom is -0.365 e. The van der Waals surface area contributed by atoms with Crippen molar-refractivity contribution in [1.82, 2.24) is 4.72 Å². The van der Waals surface area contributed by atoms with Crippen molar-refractivity contribution in [3.8, 4) is 0 Å². The number of carbonyl (C=O) groups is 1. The second kappa shape index (κ2) is 7.77. The number of benzene rings is 2. The number of anilines is 1. The molecule has 1 N–H and O–H groups in total. The van der Waals surface area contributed by atoms with Gasteiger partial charge in [0.15, 0.2) is 0 Å². The van der Waals surface area contributed by atoms with E-state index in [0.29, 0.717) is 6.54 Å². The van der Waals surface area contributed by atoms with E-state index in [2.05, 4.69) is 4.72 Å². The lowest BCUT2D eigenvalue weighted by atomic mass is 10.2. The summed E-state index contributed by atoms with van der Waals surface area (Å²) in [4.78, 5) is 13.7. The third kappa shape index (κ3) is 4.88. The van der Waals surface area contributed by atoms with Gasteiger partial charge in [0, 0.05) is 12.2 Å². The summed E-state index contributed by atoms with van der Waals surface area (Å²) < 4.78 is 32.5. The fourth-order valence-electron chi connectivity index (χ4n) is 2.67. The van der Waals surface area contributed by atoms with Crippen molar-refractivity contribution in [3.05, 3.63) is 66.2 Å². The van der Waals surface area contributed by atoms with Crippen LogP contribution in [0.1, 0.15) is 5.56 Å². The molecule has 132 valence electrons. The normalized spacial score (nSPS) is 18.3. The fraction of sp³-hybridized carbons (Fsp3) is 0.278. The Morgan fingerprint density at radius 2 is 1.68 bits per heavy atom. The molecule has 7 heteroatoms. The van der Waals surface area contributed by atoms with E-state index in [1.165, 1.54) is 0 Å². The molecule has 1 atom stereocenters. The van der Waals surface area contributed by atoms with E-state index in [1.54, 1.807) is 29.2 Å². The quantitative estimate of drug-likeness (QED) is 0.848. The van der Waals surface area contributed by atoms with Crippen LogP contribution in [0.25, 0.3) is 0 Å². The number of para-hydroxylation sites is 1. The van der Waals surface area contributed by atoms with Crippen LogP contribution in [-0.2, 0) is 25.3 Å². The zero-order valence-electron chi connectivity index (χ0n) is 13.7. The number of rotatable bonds is 6. The zero-order chi connectivity index (χ0) is 17.7. The van der Waals surface area contributed by atoms with Crippen LogP contribution in [0.15, 0.2) is 60.7 Å². The van der Waals surface area contributed by atoms with Crippen molar-refractivity contribution < 1.29 is 17.9 Å². The Morgan fingerprint density at radius 3 is 2.36 bits per heavy atom. The molecule has 1 aliphatic heterocycles. The standard InChI is InChI=1S/C18H20N2O4S/c21-18-13-24-17(12-20(18)16-9-5-2-6-10-16)11-19-25(22,23)14-15-7-3-1-4-8-15/h1-10,17,19H,11-14H2. The predicted molar refractivity (Wildman–Crippen MR) is 95.6 cm³/mol. The molecule has 2 aromatic carbocycles. The Bertz CT molecular complexity index is 809. The maximum Gasteiger partial charge on any atom is 0.253 e. The summed E-state index contributed by atoms with van der Waals surface area (Å²) in [6.07, 6.45) is -0.386. The summed E-state index contributed by atoms with van der Waals surface area (Å²) in [5, 5.41) is 0. The van der Waals surface area contributed by atoms with Gasteiger partial charge in [0.2, 0.25) is 10.0 Å². The van der Waals surface area contributed by atoms with Gasteiger partial charge in [0.05, 0.1) is 18.4 Å². The first-order valence-corrected chi connectivity index (χ1v) is 9.67. The van der Waals surface area contributed by atoms with Crippen LogP contribution in [0.3, 0.4) is 0 Å². The van der Waals surface area contributed by atoms with E-state index in [1.807, 2.05) is 36.4 Å². The Hall–Kier alpha value is -2.22. The molecular weight excluding hydrogens is 340 g/mol. The third-order valence-electron chi connectivity index (χ3n) is 3.93. The number of nitrogens with zero attached hydrogens (tertiary/aromatic N) is 1. The van der Waals surface area contributed by atoms with Gasteiger partial charge in [0.25, 0.3) is 5.91 Å². The van der Waals surface area contributed by atoms with Crippen LogP contribution in [0.4, 0.5) is 5.69 Å². The summed E-state index contributed by atoms with van der Waals surface area (Å²) in [5.74, 6) is -0.211. The molecule has 0 spiro atoms. The molecule has 6 nitrogen and oxygen atoms in total. The van der Waals surface area contributed by atoms with E-state index < -0.39 is 10.0 Å². The molecule has 1 fully saturated rings. The van der Waals surface area contributed by atoms with E-state index in [0.717, 1.165) is 11.3 Å². The highest BCUT2D eigenvalue weighted by Crippen LogP contribution is 2.18. The first-order valence-electron chi connectivity index (χ1n) is 8.02. The molecular formula is C18H20N2O4S. The van der Waals surface area contributed by atoms with Gasteiger partial charge in [0.1, 0.15) is 6.61 Å². The average molecular weight is 360 g/mol. The highest BCUT2D eigenvalue weighted by Gasteiger charge is 2.28. The van der Waals surface area contributed by atoms with Crippen molar-refractivity contribution in [2.75, 3.05) is 24.6 Å². The summed E-state index contributed by atoms with van der Waals surface area (Å²) in [5.41, 5.74) is 1.51. The lowest BCUT2D eigenvalue weighted by molar-refractivity contribution is -0.129. The van der Waals surface area contributed by atoms with E-state index in [9.17, 15) is 13.2 Å². The number of ether oxygens (including phenoxy) is 1. The summed E-state index contributed by atoms with van der Waals surface area (Å²) in [7, 11) is -3.46. The molecule has 1 heterocycles. The lowest BCUT2D eigenvalue weighted by Crippen LogP contribution is -2.50. The van der Waals surface area contributed by atoms with Crippen LogP contribution >= 0.6 is 0 Å². The number of amides is 1. The van der Waals surface area contributed by atoms with Gasteiger partial charge in [-0.25, -0.2) is 13.1 Å². The van der Waals surface area contributed by atoms with E-state index >= 15 is 0 Å². The number of morpholine rings is 1. The number of hydrogen-bond donors (Lipinski definition) is 1. The van der Waals surface area contributed by atoms with Gasteiger partial charge in [-0.3, -0.25) is 4.79 Å². The number of carbonyl (C=O) groups excluding carboxylic acids is 1. The van der Waals surface area contributed by atoms with Crippen molar-refractivity contribution in [3.63, 3.8) is 0 Å². The van der Waals surface area contributed by atoms with E-state index in [-0.39, 0.29) is 30.9 Å². The van der Waals surface area contributed by atoms with Gasteiger partial charge in [-0.2, -0.15) is 0 Å². The molecule has 0 aliphatic carbocycles. The summed E-state index contributed by atoms with van der Waals surface area (Å²) in [6, 6.07) is 18.3. The van der Waals surface area contributed by atoms with Crippen LogP contribution in [0.2, 0.25) is 0 Å². The molecule has 1 aliphatic rings. The molecule has 1 unspecified atom stereocenters. The van der Waals surface area contributed by atoms with Gasteiger partial charge >= 0.3 is 0 Å².